The van der Waals surface area contributed by atoms with Gasteiger partial charge < -0.3 is 4.90 Å². The molecule has 0 spiro atoms. The van der Waals surface area contributed by atoms with E-state index in [-0.39, 0.29) is 0 Å². The van der Waals surface area contributed by atoms with Crippen LogP contribution in [0.2, 0.25) is 0 Å². The van der Waals surface area contributed by atoms with Crippen molar-refractivity contribution in [3.05, 3.63) is 11.6 Å². The van der Waals surface area contributed by atoms with Crippen LogP contribution in [-0.2, 0) is 0 Å². The molecule has 108 valence electrons. The van der Waals surface area contributed by atoms with E-state index in [4.69, 9.17) is 11.6 Å². The van der Waals surface area contributed by atoms with E-state index in [1.54, 1.807) is 5.57 Å². The zero-order valence-electron chi connectivity index (χ0n) is 13.0. The minimum Gasteiger partial charge on any atom is -0.305 e. The van der Waals surface area contributed by atoms with Gasteiger partial charge in [-0.05, 0) is 45.1 Å². The van der Waals surface area contributed by atoms with Crippen molar-refractivity contribution < 1.29 is 0 Å². The third-order valence-electron chi connectivity index (χ3n) is 3.46. The molecule has 0 aromatic heterocycles. The Hall–Kier alpha value is -0.0100. The second kappa shape index (κ2) is 10.9. The van der Waals surface area contributed by atoms with Crippen LogP contribution in [0.25, 0.3) is 0 Å². The summed E-state index contributed by atoms with van der Waals surface area (Å²) in [5.41, 5.74) is 1.56. The van der Waals surface area contributed by atoms with Gasteiger partial charge in [0.25, 0.3) is 0 Å². The lowest BCUT2D eigenvalue weighted by atomic mass is 9.94. The van der Waals surface area contributed by atoms with Crippen LogP contribution in [0.4, 0.5) is 0 Å². The lowest BCUT2D eigenvalue weighted by Crippen LogP contribution is -2.26. The standard InChI is InChI=1S/C16H32ClN/c1-6-8-16(7-2)12-14(3)11-15(4)13-18(5)10-9-17/h12,15-16H,6-11,13H2,1-5H3. The summed E-state index contributed by atoms with van der Waals surface area (Å²) in [6.45, 7) is 11.3. The summed E-state index contributed by atoms with van der Waals surface area (Å²) in [6, 6.07) is 0. The predicted molar refractivity (Wildman–Crippen MR) is 84.4 cm³/mol. The summed E-state index contributed by atoms with van der Waals surface area (Å²) in [7, 11) is 2.16. The Morgan fingerprint density at radius 3 is 2.50 bits per heavy atom. The molecule has 2 unspecified atom stereocenters. The normalized spacial score (nSPS) is 16.1. The van der Waals surface area contributed by atoms with Gasteiger partial charge in [0.2, 0.25) is 0 Å². The minimum absolute atomic E-state index is 0.716. The van der Waals surface area contributed by atoms with Gasteiger partial charge in [0.1, 0.15) is 0 Å². The first kappa shape index (κ1) is 18.0. The Balaban J connectivity index is 4.11. The van der Waals surface area contributed by atoms with Gasteiger partial charge in [0.15, 0.2) is 0 Å². The van der Waals surface area contributed by atoms with Crippen molar-refractivity contribution in [2.24, 2.45) is 11.8 Å². The molecule has 2 heteroatoms. The average Bonchev–Trinajstić information content (AvgIpc) is 2.28. The maximum Gasteiger partial charge on any atom is 0.0351 e. The lowest BCUT2D eigenvalue weighted by Gasteiger charge is -2.21. The Morgan fingerprint density at radius 2 is 2.00 bits per heavy atom. The number of hydrogen-bond acceptors (Lipinski definition) is 1. The van der Waals surface area contributed by atoms with Crippen LogP contribution in [0.3, 0.4) is 0 Å². The van der Waals surface area contributed by atoms with Crippen molar-refractivity contribution in [1.82, 2.24) is 4.90 Å². The summed E-state index contributed by atoms with van der Waals surface area (Å²) in [6.07, 6.45) is 7.60. The highest BCUT2D eigenvalue weighted by Gasteiger charge is 2.08. The van der Waals surface area contributed by atoms with Gasteiger partial charge >= 0.3 is 0 Å². The molecular weight excluding hydrogens is 242 g/mol. The van der Waals surface area contributed by atoms with Crippen molar-refractivity contribution in [2.45, 2.75) is 53.4 Å². The molecule has 0 aromatic rings. The molecule has 0 saturated heterocycles. The molecule has 0 rings (SSSR count). The van der Waals surface area contributed by atoms with Crippen LogP contribution in [-0.4, -0.2) is 30.9 Å². The SMILES string of the molecule is CCCC(C=C(C)CC(C)CN(C)CCCl)CC. The van der Waals surface area contributed by atoms with E-state index in [0.717, 1.165) is 24.9 Å². The number of halogens is 1. The first-order chi connectivity index (χ1) is 8.53. The number of allylic oxidation sites excluding steroid dienone is 2. The molecule has 0 aliphatic heterocycles. The molecule has 0 aliphatic carbocycles. The molecule has 0 fully saturated rings. The average molecular weight is 274 g/mol. The van der Waals surface area contributed by atoms with E-state index in [9.17, 15) is 0 Å². The van der Waals surface area contributed by atoms with E-state index < -0.39 is 0 Å². The fourth-order valence-corrected chi connectivity index (χ4v) is 2.92. The summed E-state index contributed by atoms with van der Waals surface area (Å²) in [4.78, 5) is 2.33. The van der Waals surface area contributed by atoms with Gasteiger partial charge in [-0.2, -0.15) is 0 Å². The van der Waals surface area contributed by atoms with Crippen LogP contribution in [0.15, 0.2) is 11.6 Å². The highest BCUT2D eigenvalue weighted by molar-refractivity contribution is 6.18. The van der Waals surface area contributed by atoms with Crippen molar-refractivity contribution >= 4 is 11.6 Å². The minimum atomic E-state index is 0.716. The Bertz CT molecular complexity index is 225. The quantitative estimate of drug-likeness (QED) is 0.402. The molecule has 1 nitrogen and oxygen atoms in total. The number of alkyl halides is 1. The second-order valence-electron chi connectivity index (χ2n) is 5.73. The van der Waals surface area contributed by atoms with Crippen LogP contribution in [0.5, 0.6) is 0 Å². The molecule has 18 heavy (non-hydrogen) atoms. The topological polar surface area (TPSA) is 3.24 Å². The Labute approximate surface area is 120 Å². The molecule has 0 bridgehead atoms. The van der Waals surface area contributed by atoms with Crippen LogP contribution >= 0.6 is 11.6 Å². The highest BCUT2D eigenvalue weighted by atomic mass is 35.5. The van der Waals surface area contributed by atoms with Crippen molar-refractivity contribution in [2.75, 3.05) is 26.0 Å². The summed E-state index contributed by atoms with van der Waals surface area (Å²) >= 11 is 5.75. The third-order valence-corrected chi connectivity index (χ3v) is 3.63. The van der Waals surface area contributed by atoms with E-state index >= 15 is 0 Å². The van der Waals surface area contributed by atoms with E-state index in [1.165, 1.54) is 25.7 Å². The van der Waals surface area contributed by atoms with Crippen molar-refractivity contribution in [1.29, 1.82) is 0 Å². The molecule has 0 amide bonds. The third kappa shape index (κ3) is 8.99. The zero-order valence-corrected chi connectivity index (χ0v) is 13.8. The highest BCUT2D eigenvalue weighted by Crippen LogP contribution is 2.19. The van der Waals surface area contributed by atoms with Gasteiger partial charge in [-0.3, -0.25) is 0 Å². The largest absolute Gasteiger partial charge is 0.305 e. The first-order valence-corrected chi connectivity index (χ1v) is 7.98. The Morgan fingerprint density at radius 1 is 1.33 bits per heavy atom. The molecule has 0 heterocycles. The molecule has 0 aliphatic rings. The molecule has 0 radical (unpaired) electrons. The molecule has 2 atom stereocenters. The summed E-state index contributed by atoms with van der Waals surface area (Å²) in [5.74, 6) is 2.23. The molecule has 0 saturated carbocycles. The second-order valence-corrected chi connectivity index (χ2v) is 6.11. The first-order valence-electron chi connectivity index (χ1n) is 7.45. The fourth-order valence-electron chi connectivity index (χ4n) is 2.63. The molecule has 0 aromatic carbocycles. The summed E-state index contributed by atoms with van der Waals surface area (Å²) < 4.78 is 0. The maximum absolute atomic E-state index is 5.75. The van der Waals surface area contributed by atoms with Crippen LogP contribution in [0, 0.1) is 11.8 Å². The van der Waals surface area contributed by atoms with Gasteiger partial charge in [0, 0.05) is 19.0 Å². The van der Waals surface area contributed by atoms with Gasteiger partial charge in [-0.1, -0.05) is 38.8 Å². The fraction of sp³-hybridized carbons (Fsp3) is 0.875. The van der Waals surface area contributed by atoms with Gasteiger partial charge in [-0.25, -0.2) is 0 Å². The summed E-state index contributed by atoms with van der Waals surface area (Å²) in [5, 5.41) is 0. The monoisotopic (exact) mass is 273 g/mol. The van der Waals surface area contributed by atoms with E-state index in [0.29, 0.717) is 5.92 Å². The molecule has 0 N–H and O–H groups in total. The van der Waals surface area contributed by atoms with Crippen LogP contribution < -0.4 is 0 Å². The Kier molecular flexibility index (Phi) is 10.9. The van der Waals surface area contributed by atoms with E-state index in [2.05, 4.69) is 45.7 Å². The number of rotatable bonds is 10. The smallest absolute Gasteiger partial charge is 0.0351 e. The molecular formula is C16H32ClN. The van der Waals surface area contributed by atoms with Crippen molar-refractivity contribution in [3.8, 4) is 0 Å². The van der Waals surface area contributed by atoms with Crippen LogP contribution in [0.1, 0.15) is 53.4 Å². The number of nitrogens with zero attached hydrogens (tertiary/aromatic N) is 1. The zero-order chi connectivity index (χ0) is 14.0. The lowest BCUT2D eigenvalue weighted by molar-refractivity contribution is 0.299. The van der Waals surface area contributed by atoms with E-state index in [1.807, 2.05) is 0 Å². The van der Waals surface area contributed by atoms with Gasteiger partial charge in [0.05, 0.1) is 0 Å². The maximum atomic E-state index is 5.75. The predicted octanol–water partition coefficient (Wildman–Crippen LogP) is 4.96. The van der Waals surface area contributed by atoms with Gasteiger partial charge in [-0.15, -0.1) is 11.6 Å². The number of hydrogen-bond donors (Lipinski definition) is 0. The van der Waals surface area contributed by atoms with Crippen molar-refractivity contribution in [3.63, 3.8) is 0 Å².